The van der Waals surface area contributed by atoms with Crippen molar-refractivity contribution in [3.05, 3.63) is 28.9 Å². The van der Waals surface area contributed by atoms with E-state index in [1.54, 1.807) is 13.1 Å². The van der Waals surface area contributed by atoms with Gasteiger partial charge >= 0.3 is 0 Å². The van der Waals surface area contributed by atoms with Gasteiger partial charge in [-0.15, -0.1) is 0 Å². The molecule has 3 aliphatic rings. The molecule has 1 aromatic rings. The number of carbonyl (C=O) groups is 1. The highest BCUT2D eigenvalue weighted by Gasteiger charge is 2.47. The number of hydrazone groups is 1. The van der Waals surface area contributed by atoms with Crippen LogP contribution < -0.4 is 10.2 Å². The van der Waals surface area contributed by atoms with Crippen molar-refractivity contribution in [3.63, 3.8) is 0 Å². The molecule has 4 rings (SSSR count). The number of aliphatic hydroxyl groups is 1. The number of nitrogens with one attached hydrogen (secondary N) is 3. The zero-order valence-electron chi connectivity index (χ0n) is 21.4. The Hall–Kier alpha value is -3.14. The summed E-state index contributed by atoms with van der Waals surface area (Å²) in [5, 5.41) is 32.5. The zero-order chi connectivity index (χ0) is 25.9. The molecule has 1 saturated carbocycles. The predicted molar refractivity (Wildman–Crippen MR) is 138 cm³/mol. The fourth-order valence-electron chi connectivity index (χ4n) is 5.81. The fraction of sp³-hybridized carbons (Fsp3) is 0.615. The van der Waals surface area contributed by atoms with Gasteiger partial charge in [-0.25, -0.2) is 4.98 Å². The summed E-state index contributed by atoms with van der Waals surface area (Å²) < 4.78 is 6.22. The van der Waals surface area contributed by atoms with Crippen LogP contribution in [0.2, 0.25) is 0 Å². The smallest absolute Gasteiger partial charge is 0.217 e. The molecule has 194 valence electrons. The van der Waals surface area contributed by atoms with Gasteiger partial charge in [0.2, 0.25) is 5.88 Å². The molecule has 0 amide bonds. The molecule has 3 atom stereocenters. The van der Waals surface area contributed by atoms with Crippen LogP contribution in [0.4, 0.5) is 0 Å². The monoisotopic (exact) mass is 495 g/mol. The van der Waals surface area contributed by atoms with Crippen molar-refractivity contribution in [3.8, 4) is 5.88 Å². The quantitative estimate of drug-likeness (QED) is 0.319. The van der Waals surface area contributed by atoms with Gasteiger partial charge in [0.15, 0.2) is 5.82 Å². The van der Waals surface area contributed by atoms with Gasteiger partial charge in [0.25, 0.3) is 0 Å². The number of likely N-dealkylation sites (N-methyl/N-ethyl adjacent to an activating group) is 1. The minimum Gasteiger partial charge on any atom is -0.511 e. The van der Waals surface area contributed by atoms with E-state index in [2.05, 4.69) is 32.4 Å². The molecular formula is C26H37N7O3. The number of carbonyl (C=O) groups excluding carboxylic acids is 1. The van der Waals surface area contributed by atoms with Crippen molar-refractivity contribution in [2.75, 3.05) is 20.6 Å². The number of ketones is 1. The van der Waals surface area contributed by atoms with Gasteiger partial charge < -0.3 is 15.3 Å². The Morgan fingerprint density at radius 3 is 2.75 bits per heavy atom. The first-order valence-corrected chi connectivity index (χ1v) is 12.9. The van der Waals surface area contributed by atoms with Gasteiger partial charge in [-0.1, -0.05) is 6.42 Å². The molecule has 4 N–H and O–H groups in total. The molecule has 1 saturated heterocycles. The molecule has 2 heterocycles. The van der Waals surface area contributed by atoms with Crippen molar-refractivity contribution in [2.45, 2.75) is 76.9 Å². The third kappa shape index (κ3) is 5.04. The number of rotatable bonds is 8. The van der Waals surface area contributed by atoms with Crippen LogP contribution in [-0.4, -0.2) is 76.2 Å². The molecule has 0 bridgehead atoms. The first-order valence-electron chi connectivity index (χ1n) is 12.9. The van der Waals surface area contributed by atoms with Crippen LogP contribution in [0.5, 0.6) is 5.88 Å². The highest BCUT2D eigenvalue weighted by molar-refractivity contribution is 6.36. The van der Waals surface area contributed by atoms with E-state index in [1.807, 2.05) is 6.92 Å². The van der Waals surface area contributed by atoms with Crippen LogP contribution in [0.1, 0.15) is 76.2 Å². The van der Waals surface area contributed by atoms with Crippen LogP contribution in [0.15, 0.2) is 22.5 Å². The number of likely N-dealkylation sites (tertiary alicyclic amines) is 1. The van der Waals surface area contributed by atoms with E-state index in [9.17, 15) is 9.90 Å². The van der Waals surface area contributed by atoms with Crippen LogP contribution in [0.3, 0.4) is 0 Å². The fourth-order valence-corrected chi connectivity index (χ4v) is 5.81. The maximum atomic E-state index is 12.9. The van der Waals surface area contributed by atoms with Gasteiger partial charge in [-0.2, -0.15) is 10.1 Å². The molecule has 0 unspecified atom stereocenters. The lowest BCUT2D eigenvalue weighted by atomic mass is 9.64. The Balaban J connectivity index is 1.70. The van der Waals surface area contributed by atoms with Crippen molar-refractivity contribution in [1.82, 2.24) is 20.3 Å². The summed E-state index contributed by atoms with van der Waals surface area (Å²) in [6.45, 7) is 3.02. The normalized spacial score (nSPS) is 26.0. The Labute approximate surface area is 212 Å². The van der Waals surface area contributed by atoms with Crippen molar-refractivity contribution in [1.29, 1.82) is 10.8 Å². The molecule has 0 aromatic carbocycles. The summed E-state index contributed by atoms with van der Waals surface area (Å²) >= 11 is 0. The van der Waals surface area contributed by atoms with Crippen molar-refractivity contribution in [2.24, 2.45) is 10.5 Å². The molecule has 10 heteroatoms. The van der Waals surface area contributed by atoms with Gasteiger partial charge in [-0.3, -0.25) is 20.5 Å². The largest absolute Gasteiger partial charge is 0.511 e. The summed E-state index contributed by atoms with van der Waals surface area (Å²) in [5.74, 6) is 0.413. The summed E-state index contributed by atoms with van der Waals surface area (Å²) in [6.07, 6.45) is 7.93. The lowest BCUT2D eigenvalue weighted by Gasteiger charge is -2.39. The van der Waals surface area contributed by atoms with Crippen molar-refractivity contribution >= 4 is 23.4 Å². The van der Waals surface area contributed by atoms with Gasteiger partial charge in [0.05, 0.1) is 23.0 Å². The topological polar surface area (TPSA) is 148 Å². The van der Waals surface area contributed by atoms with Crippen LogP contribution in [-0.2, 0) is 4.79 Å². The number of Topliss-reactive ketones (excluding diaryl/α,β-unsaturated/α-hetero) is 1. The summed E-state index contributed by atoms with van der Waals surface area (Å²) in [4.78, 5) is 24.2. The highest BCUT2D eigenvalue weighted by Crippen LogP contribution is 2.48. The third-order valence-corrected chi connectivity index (χ3v) is 7.81. The molecule has 0 radical (unpaired) electrons. The van der Waals surface area contributed by atoms with Gasteiger partial charge in [0, 0.05) is 31.1 Å². The lowest BCUT2D eigenvalue weighted by Crippen LogP contribution is -2.39. The molecule has 36 heavy (non-hydrogen) atoms. The first kappa shape index (κ1) is 25.9. The van der Waals surface area contributed by atoms with Crippen LogP contribution in [0, 0.1) is 16.2 Å². The lowest BCUT2D eigenvalue weighted by molar-refractivity contribution is -0.131. The number of hydrogen-bond donors (Lipinski definition) is 4. The second-order valence-electron chi connectivity index (χ2n) is 10.1. The predicted octanol–water partition coefficient (Wildman–Crippen LogP) is 3.40. The molecule has 1 aromatic heterocycles. The van der Waals surface area contributed by atoms with E-state index in [0.717, 1.165) is 32.2 Å². The molecule has 2 fully saturated rings. The number of aliphatic hydroxyl groups excluding tert-OH is 1. The molecule has 10 nitrogen and oxygen atoms in total. The zero-order valence-corrected chi connectivity index (χ0v) is 21.4. The number of hydrogen-bond acceptors (Lipinski definition) is 10. The Bertz CT molecular complexity index is 1100. The first-order chi connectivity index (χ1) is 17.3. The molecular weight excluding hydrogens is 458 g/mol. The number of nitrogens with zero attached hydrogens (tertiary/aromatic N) is 4. The Kier molecular flexibility index (Phi) is 7.82. The SMILES string of the molecule is CN/N=C\C(=N)c1cc(O[C@@H](C)[C@@H]2CCCN2C)nc(C(=N)C2=C(O)[C@]3(CCCCC3=O)CCC2)n1. The van der Waals surface area contributed by atoms with Crippen LogP contribution >= 0.6 is 0 Å². The molecule has 2 aliphatic carbocycles. The summed E-state index contributed by atoms with van der Waals surface area (Å²) in [5.41, 5.74) is 2.43. The highest BCUT2D eigenvalue weighted by atomic mass is 16.5. The van der Waals surface area contributed by atoms with Crippen molar-refractivity contribution < 1.29 is 14.6 Å². The Morgan fingerprint density at radius 2 is 2.06 bits per heavy atom. The van der Waals surface area contributed by atoms with E-state index in [1.165, 1.54) is 6.21 Å². The van der Waals surface area contributed by atoms with Gasteiger partial charge in [0.1, 0.15) is 23.4 Å². The van der Waals surface area contributed by atoms with E-state index in [4.69, 9.17) is 15.6 Å². The number of aromatic nitrogens is 2. The summed E-state index contributed by atoms with van der Waals surface area (Å²) in [7, 11) is 3.72. The molecule has 1 aliphatic heterocycles. The molecule has 1 spiro atoms. The van der Waals surface area contributed by atoms with Crippen LogP contribution in [0.25, 0.3) is 0 Å². The maximum Gasteiger partial charge on any atom is 0.217 e. The van der Waals surface area contributed by atoms with Gasteiger partial charge in [-0.05, 0) is 65.5 Å². The van der Waals surface area contributed by atoms with E-state index in [-0.39, 0.29) is 52.5 Å². The second-order valence-corrected chi connectivity index (χ2v) is 10.1. The number of ether oxygens (including phenoxy) is 1. The summed E-state index contributed by atoms with van der Waals surface area (Å²) in [6, 6.07) is 1.84. The maximum absolute atomic E-state index is 12.9. The Morgan fingerprint density at radius 1 is 1.28 bits per heavy atom. The standard InChI is InChI=1S/C26H37N7O3/c1-16(20-9-7-13-33(20)3)36-22-14-19(18(27)15-30-29-2)31-25(32-22)23(28)17-8-6-12-26(24(17)35)11-5-4-10-21(26)34/h14-16,20,27-29,35H,4-13H2,1-3H3/b27-18?,28-23?,30-15-/t16-,20-,26+/m0/s1. The van der Waals surface area contributed by atoms with E-state index in [0.29, 0.717) is 37.7 Å². The minimum atomic E-state index is -0.886. The number of allylic oxidation sites excluding steroid dienone is 2. The van der Waals surface area contributed by atoms with E-state index < -0.39 is 5.41 Å². The average Bonchev–Trinajstić information content (AvgIpc) is 3.31. The third-order valence-electron chi connectivity index (χ3n) is 7.81. The minimum absolute atomic E-state index is 0.00712. The second kappa shape index (κ2) is 10.9. The van der Waals surface area contributed by atoms with E-state index >= 15 is 0 Å². The average molecular weight is 496 g/mol.